The fraction of sp³-hybridized carbons (Fsp3) is 0.294. The van der Waals surface area contributed by atoms with Gasteiger partial charge in [0.05, 0.1) is 5.69 Å². The quantitative estimate of drug-likeness (QED) is 0.856. The van der Waals surface area contributed by atoms with E-state index in [4.69, 9.17) is 0 Å². The summed E-state index contributed by atoms with van der Waals surface area (Å²) in [6.45, 7) is 5.89. The first-order valence-corrected chi connectivity index (χ1v) is 7.18. The Morgan fingerprint density at radius 3 is 2.48 bits per heavy atom. The fourth-order valence-electron chi connectivity index (χ4n) is 2.32. The highest BCUT2D eigenvalue weighted by molar-refractivity contribution is 5.64. The second kappa shape index (κ2) is 7.18. The van der Waals surface area contributed by atoms with Crippen LogP contribution in [0.25, 0.3) is 0 Å². The number of benzene rings is 2. The molecular formula is C17H20F2N2. The number of rotatable bonds is 6. The molecule has 1 N–H and O–H groups in total. The van der Waals surface area contributed by atoms with Crippen molar-refractivity contribution in [1.29, 1.82) is 0 Å². The third kappa shape index (κ3) is 3.79. The number of anilines is 2. The van der Waals surface area contributed by atoms with Crippen LogP contribution in [0, 0.1) is 11.6 Å². The molecule has 0 bridgehead atoms. The first-order chi connectivity index (χ1) is 10.2. The van der Waals surface area contributed by atoms with Gasteiger partial charge in [-0.1, -0.05) is 19.1 Å². The van der Waals surface area contributed by atoms with Crippen molar-refractivity contribution in [3.8, 4) is 0 Å². The van der Waals surface area contributed by atoms with Crippen LogP contribution in [0.2, 0.25) is 0 Å². The summed E-state index contributed by atoms with van der Waals surface area (Å²) in [5.74, 6) is -0.618. The maximum absolute atomic E-state index is 14.0. The van der Waals surface area contributed by atoms with Crippen molar-refractivity contribution in [3.05, 3.63) is 59.7 Å². The Morgan fingerprint density at radius 1 is 1.05 bits per heavy atom. The Morgan fingerprint density at radius 2 is 1.81 bits per heavy atom. The number of nitrogens with zero attached hydrogens (tertiary/aromatic N) is 1. The Kier molecular flexibility index (Phi) is 5.28. The lowest BCUT2D eigenvalue weighted by molar-refractivity contribution is 0.618. The van der Waals surface area contributed by atoms with Crippen molar-refractivity contribution >= 4 is 11.4 Å². The molecule has 0 spiro atoms. The van der Waals surface area contributed by atoms with E-state index in [0.29, 0.717) is 24.5 Å². The van der Waals surface area contributed by atoms with Gasteiger partial charge >= 0.3 is 0 Å². The predicted octanol–water partition coefficient (Wildman–Crippen LogP) is 4.23. The summed E-state index contributed by atoms with van der Waals surface area (Å²) in [6.07, 6.45) is 0. The molecule has 0 amide bonds. The number of halogens is 2. The summed E-state index contributed by atoms with van der Waals surface area (Å²) in [6, 6.07) is 11.4. The van der Waals surface area contributed by atoms with E-state index in [1.165, 1.54) is 18.2 Å². The molecule has 2 rings (SSSR count). The minimum atomic E-state index is -0.310. The zero-order valence-corrected chi connectivity index (χ0v) is 12.4. The minimum absolute atomic E-state index is 0.308. The maximum atomic E-state index is 14.0. The number of nitrogens with one attached hydrogen (secondary N) is 1. The average Bonchev–Trinajstić information content (AvgIpc) is 2.47. The summed E-state index contributed by atoms with van der Waals surface area (Å²) >= 11 is 0. The molecule has 0 saturated carbocycles. The fourth-order valence-corrected chi connectivity index (χ4v) is 2.32. The number of para-hydroxylation sites is 1. The SMILES string of the molecule is CCNCc1cc(F)cc(N(CC)c2ccccc2F)c1. The zero-order valence-electron chi connectivity index (χ0n) is 12.4. The van der Waals surface area contributed by atoms with E-state index < -0.39 is 0 Å². The van der Waals surface area contributed by atoms with E-state index in [9.17, 15) is 8.78 Å². The molecule has 2 nitrogen and oxygen atoms in total. The molecule has 0 aliphatic heterocycles. The van der Waals surface area contributed by atoms with Crippen molar-refractivity contribution in [2.24, 2.45) is 0 Å². The lowest BCUT2D eigenvalue weighted by atomic mass is 10.1. The van der Waals surface area contributed by atoms with Crippen molar-refractivity contribution in [2.75, 3.05) is 18.0 Å². The predicted molar refractivity (Wildman–Crippen MR) is 82.9 cm³/mol. The largest absolute Gasteiger partial charge is 0.339 e. The molecule has 0 heterocycles. The average molecular weight is 290 g/mol. The van der Waals surface area contributed by atoms with Crippen LogP contribution >= 0.6 is 0 Å². The van der Waals surface area contributed by atoms with Crippen LogP contribution in [0.5, 0.6) is 0 Å². The maximum Gasteiger partial charge on any atom is 0.146 e. The molecule has 2 aromatic rings. The lowest BCUT2D eigenvalue weighted by Crippen LogP contribution is -2.18. The van der Waals surface area contributed by atoms with E-state index in [0.717, 1.165) is 12.1 Å². The molecule has 4 heteroatoms. The third-order valence-corrected chi connectivity index (χ3v) is 3.29. The molecule has 0 unspecified atom stereocenters. The van der Waals surface area contributed by atoms with Gasteiger partial charge in [-0.15, -0.1) is 0 Å². The van der Waals surface area contributed by atoms with Crippen LogP contribution in [-0.4, -0.2) is 13.1 Å². The molecule has 0 saturated heterocycles. The van der Waals surface area contributed by atoms with Crippen molar-refractivity contribution in [2.45, 2.75) is 20.4 Å². The van der Waals surface area contributed by atoms with E-state index >= 15 is 0 Å². The summed E-state index contributed by atoms with van der Waals surface area (Å²) in [5, 5.41) is 3.17. The molecule has 0 fully saturated rings. The van der Waals surface area contributed by atoms with Crippen LogP contribution in [0.4, 0.5) is 20.2 Å². The Hall–Kier alpha value is -1.94. The lowest BCUT2D eigenvalue weighted by Gasteiger charge is -2.24. The Bertz CT molecular complexity index is 599. The normalized spacial score (nSPS) is 10.7. The highest BCUT2D eigenvalue weighted by atomic mass is 19.1. The number of hydrogen-bond acceptors (Lipinski definition) is 2. The first kappa shape index (κ1) is 15.4. The Balaban J connectivity index is 2.38. The van der Waals surface area contributed by atoms with Gasteiger partial charge in [0.1, 0.15) is 11.6 Å². The van der Waals surface area contributed by atoms with Crippen molar-refractivity contribution in [1.82, 2.24) is 5.32 Å². The standard InChI is InChI=1S/C17H20F2N2/c1-3-20-12-13-9-14(18)11-15(10-13)21(4-2)17-8-6-5-7-16(17)19/h5-11,20H,3-4,12H2,1-2H3. The smallest absolute Gasteiger partial charge is 0.146 e. The molecule has 21 heavy (non-hydrogen) atoms. The Labute approximate surface area is 124 Å². The highest BCUT2D eigenvalue weighted by Gasteiger charge is 2.13. The molecule has 112 valence electrons. The number of hydrogen-bond donors (Lipinski definition) is 1. The van der Waals surface area contributed by atoms with Crippen LogP contribution in [0.1, 0.15) is 19.4 Å². The molecule has 0 radical (unpaired) electrons. The van der Waals surface area contributed by atoms with E-state index in [2.05, 4.69) is 5.32 Å². The van der Waals surface area contributed by atoms with Gasteiger partial charge in [0.15, 0.2) is 0 Å². The second-order valence-corrected chi connectivity index (χ2v) is 4.79. The summed E-state index contributed by atoms with van der Waals surface area (Å²) < 4.78 is 27.8. The summed E-state index contributed by atoms with van der Waals surface area (Å²) in [4.78, 5) is 1.77. The highest BCUT2D eigenvalue weighted by Crippen LogP contribution is 2.28. The van der Waals surface area contributed by atoms with Crippen molar-refractivity contribution < 1.29 is 8.78 Å². The zero-order chi connectivity index (χ0) is 15.2. The van der Waals surface area contributed by atoms with Crippen LogP contribution in [-0.2, 0) is 6.54 Å². The minimum Gasteiger partial charge on any atom is -0.339 e. The molecule has 0 aliphatic carbocycles. The third-order valence-electron chi connectivity index (χ3n) is 3.29. The van der Waals surface area contributed by atoms with Crippen LogP contribution < -0.4 is 10.2 Å². The van der Waals surface area contributed by atoms with Gasteiger partial charge in [0.2, 0.25) is 0 Å². The molecule has 0 aromatic heterocycles. The van der Waals surface area contributed by atoms with E-state index in [1.54, 1.807) is 23.1 Å². The molecule has 0 aliphatic rings. The van der Waals surface area contributed by atoms with Crippen molar-refractivity contribution in [3.63, 3.8) is 0 Å². The van der Waals surface area contributed by atoms with Gasteiger partial charge < -0.3 is 10.2 Å². The molecular weight excluding hydrogens is 270 g/mol. The summed E-state index contributed by atoms with van der Waals surface area (Å²) in [7, 11) is 0. The molecule has 2 aromatic carbocycles. The van der Waals surface area contributed by atoms with Gasteiger partial charge in [0.25, 0.3) is 0 Å². The van der Waals surface area contributed by atoms with Gasteiger partial charge in [-0.2, -0.15) is 0 Å². The first-order valence-electron chi connectivity index (χ1n) is 7.18. The van der Waals surface area contributed by atoms with Gasteiger partial charge in [-0.05, 0) is 49.4 Å². The van der Waals surface area contributed by atoms with Gasteiger partial charge in [-0.3, -0.25) is 0 Å². The van der Waals surface area contributed by atoms with Gasteiger partial charge in [-0.25, -0.2) is 8.78 Å². The van der Waals surface area contributed by atoms with Gasteiger partial charge in [0, 0.05) is 18.8 Å². The topological polar surface area (TPSA) is 15.3 Å². The van der Waals surface area contributed by atoms with Crippen LogP contribution in [0.15, 0.2) is 42.5 Å². The van der Waals surface area contributed by atoms with E-state index in [1.807, 2.05) is 19.9 Å². The second-order valence-electron chi connectivity index (χ2n) is 4.79. The molecule has 0 atom stereocenters. The van der Waals surface area contributed by atoms with Crippen LogP contribution in [0.3, 0.4) is 0 Å². The summed E-state index contributed by atoms with van der Waals surface area (Å²) in [5.41, 5.74) is 1.97. The monoisotopic (exact) mass is 290 g/mol. The van der Waals surface area contributed by atoms with E-state index in [-0.39, 0.29) is 11.6 Å².